The van der Waals surface area contributed by atoms with Gasteiger partial charge in [0.2, 0.25) is 0 Å². The van der Waals surface area contributed by atoms with Crippen LogP contribution < -0.4 is 10.1 Å². The molecule has 25 heavy (non-hydrogen) atoms. The third-order valence-electron chi connectivity index (χ3n) is 3.98. The van der Waals surface area contributed by atoms with E-state index in [1.165, 1.54) is 5.56 Å². The average Bonchev–Trinajstić information content (AvgIpc) is 2.65. The Morgan fingerprint density at radius 1 is 0.720 bits per heavy atom. The molecule has 0 fully saturated rings. The van der Waals surface area contributed by atoms with E-state index in [4.69, 9.17) is 4.74 Å². The fourth-order valence-electron chi connectivity index (χ4n) is 2.63. The minimum absolute atomic E-state index is 0.806. The van der Waals surface area contributed by atoms with Crippen molar-refractivity contribution in [3.8, 4) is 11.5 Å². The highest BCUT2D eigenvalue weighted by Crippen LogP contribution is 2.25. The molecular formula is C22H18N2O. The van der Waals surface area contributed by atoms with Crippen molar-refractivity contribution in [1.82, 2.24) is 4.98 Å². The molecule has 0 atom stereocenters. The van der Waals surface area contributed by atoms with E-state index in [2.05, 4.69) is 29.4 Å². The zero-order chi connectivity index (χ0) is 17.1. The Hall–Kier alpha value is -3.33. The summed E-state index contributed by atoms with van der Waals surface area (Å²) in [5.74, 6) is 2.47. The van der Waals surface area contributed by atoms with E-state index in [1.54, 1.807) is 0 Å². The number of fused-ring (bicyclic) bond motifs is 1. The average molecular weight is 326 g/mol. The molecule has 0 aliphatic heterocycles. The monoisotopic (exact) mass is 326 g/mol. The Morgan fingerprint density at radius 2 is 1.40 bits per heavy atom. The highest BCUT2D eigenvalue weighted by Gasteiger charge is 2.01. The van der Waals surface area contributed by atoms with Gasteiger partial charge in [-0.3, -0.25) is 0 Å². The van der Waals surface area contributed by atoms with Crippen molar-refractivity contribution in [3.63, 3.8) is 0 Å². The number of aryl methyl sites for hydroxylation is 1. The van der Waals surface area contributed by atoms with E-state index in [1.807, 2.05) is 72.8 Å². The van der Waals surface area contributed by atoms with Gasteiger partial charge in [0.15, 0.2) is 0 Å². The maximum Gasteiger partial charge on any atom is 0.131 e. The summed E-state index contributed by atoms with van der Waals surface area (Å²) in [6.45, 7) is 2.06. The maximum atomic E-state index is 5.85. The molecule has 0 unspecified atom stereocenters. The lowest BCUT2D eigenvalue weighted by Crippen LogP contribution is -1.93. The first-order valence-electron chi connectivity index (χ1n) is 8.24. The molecule has 3 nitrogen and oxygen atoms in total. The summed E-state index contributed by atoms with van der Waals surface area (Å²) in [4.78, 5) is 4.63. The van der Waals surface area contributed by atoms with Crippen molar-refractivity contribution in [2.24, 2.45) is 0 Å². The Morgan fingerprint density at radius 3 is 2.16 bits per heavy atom. The molecule has 3 heteroatoms. The standard InChI is InChI=1S/C22H18N2O/c1-16-6-11-19(12-7-16)25-20-13-9-18(10-14-20)23-22-15-8-17-4-2-3-5-21(17)24-22/h2-15H,1H3,(H,23,24). The molecule has 0 radical (unpaired) electrons. The van der Waals surface area contributed by atoms with Crippen LogP contribution in [0.25, 0.3) is 10.9 Å². The number of nitrogens with zero attached hydrogens (tertiary/aromatic N) is 1. The molecule has 4 rings (SSSR count). The summed E-state index contributed by atoms with van der Waals surface area (Å²) in [6, 6.07) is 28.0. The summed E-state index contributed by atoms with van der Waals surface area (Å²) >= 11 is 0. The predicted molar refractivity (Wildman–Crippen MR) is 103 cm³/mol. The summed E-state index contributed by atoms with van der Waals surface area (Å²) in [5, 5.41) is 4.46. The molecular weight excluding hydrogens is 308 g/mol. The molecule has 0 bridgehead atoms. The predicted octanol–water partition coefficient (Wildman–Crippen LogP) is 6.08. The van der Waals surface area contributed by atoms with Crippen LogP contribution in [0.3, 0.4) is 0 Å². The molecule has 0 spiro atoms. The van der Waals surface area contributed by atoms with Crippen molar-refractivity contribution in [2.75, 3.05) is 5.32 Å². The molecule has 3 aromatic carbocycles. The topological polar surface area (TPSA) is 34.1 Å². The van der Waals surface area contributed by atoms with Gasteiger partial charge >= 0.3 is 0 Å². The summed E-state index contributed by atoms with van der Waals surface area (Å²) < 4.78 is 5.85. The number of hydrogen-bond acceptors (Lipinski definition) is 3. The van der Waals surface area contributed by atoms with Crippen molar-refractivity contribution >= 4 is 22.4 Å². The number of nitrogens with one attached hydrogen (secondary N) is 1. The Kier molecular flexibility index (Phi) is 4.05. The van der Waals surface area contributed by atoms with Gasteiger partial charge in [0, 0.05) is 11.1 Å². The van der Waals surface area contributed by atoms with Crippen LogP contribution in [0.2, 0.25) is 0 Å². The maximum absolute atomic E-state index is 5.85. The second-order valence-electron chi connectivity index (χ2n) is 5.95. The van der Waals surface area contributed by atoms with Crippen LogP contribution >= 0.6 is 0 Å². The third kappa shape index (κ3) is 3.61. The zero-order valence-corrected chi connectivity index (χ0v) is 13.9. The SMILES string of the molecule is Cc1ccc(Oc2ccc(Nc3ccc4ccccc4n3)cc2)cc1. The number of para-hydroxylation sites is 1. The van der Waals surface area contributed by atoms with Crippen LogP contribution in [-0.4, -0.2) is 4.98 Å². The second-order valence-corrected chi connectivity index (χ2v) is 5.95. The first-order chi connectivity index (χ1) is 12.3. The first-order valence-corrected chi connectivity index (χ1v) is 8.24. The van der Waals surface area contributed by atoms with Crippen LogP contribution in [-0.2, 0) is 0 Å². The fraction of sp³-hybridized carbons (Fsp3) is 0.0455. The molecule has 1 aromatic heterocycles. The van der Waals surface area contributed by atoms with Gasteiger partial charge in [0.25, 0.3) is 0 Å². The molecule has 0 saturated heterocycles. The summed E-state index contributed by atoms with van der Waals surface area (Å²) in [6.07, 6.45) is 0. The van der Waals surface area contributed by atoms with Crippen molar-refractivity contribution in [2.45, 2.75) is 6.92 Å². The lowest BCUT2D eigenvalue weighted by Gasteiger charge is -2.09. The van der Waals surface area contributed by atoms with Gasteiger partial charge in [0.05, 0.1) is 5.52 Å². The fourth-order valence-corrected chi connectivity index (χ4v) is 2.63. The van der Waals surface area contributed by atoms with E-state index in [0.29, 0.717) is 0 Å². The first kappa shape index (κ1) is 15.2. The summed E-state index contributed by atoms with van der Waals surface area (Å²) in [5.41, 5.74) is 3.17. The minimum atomic E-state index is 0.806. The largest absolute Gasteiger partial charge is 0.457 e. The lowest BCUT2D eigenvalue weighted by atomic mass is 10.2. The Bertz CT molecular complexity index is 992. The van der Waals surface area contributed by atoms with Crippen LogP contribution in [0, 0.1) is 6.92 Å². The Balaban J connectivity index is 1.48. The van der Waals surface area contributed by atoms with Crippen LogP contribution in [0.5, 0.6) is 11.5 Å². The van der Waals surface area contributed by atoms with Crippen molar-refractivity contribution < 1.29 is 4.74 Å². The molecule has 0 amide bonds. The van der Waals surface area contributed by atoms with Gasteiger partial charge in [-0.05, 0) is 61.5 Å². The summed E-state index contributed by atoms with van der Waals surface area (Å²) in [7, 11) is 0. The Labute approximate surface area is 146 Å². The molecule has 4 aromatic rings. The number of anilines is 2. The van der Waals surface area contributed by atoms with Gasteiger partial charge in [-0.15, -0.1) is 0 Å². The molecule has 1 N–H and O–H groups in total. The van der Waals surface area contributed by atoms with Gasteiger partial charge < -0.3 is 10.1 Å². The van der Waals surface area contributed by atoms with Crippen LogP contribution in [0.4, 0.5) is 11.5 Å². The minimum Gasteiger partial charge on any atom is -0.457 e. The van der Waals surface area contributed by atoms with E-state index >= 15 is 0 Å². The number of aromatic nitrogens is 1. The van der Waals surface area contributed by atoms with Crippen LogP contribution in [0.1, 0.15) is 5.56 Å². The van der Waals surface area contributed by atoms with Gasteiger partial charge in [-0.25, -0.2) is 4.98 Å². The highest BCUT2D eigenvalue weighted by molar-refractivity contribution is 5.80. The van der Waals surface area contributed by atoms with E-state index in [0.717, 1.165) is 33.9 Å². The molecule has 122 valence electrons. The molecule has 0 aliphatic rings. The molecule has 0 saturated carbocycles. The molecule has 0 aliphatic carbocycles. The molecule has 1 heterocycles. The highest BCUT2D eigenvalue weighted by atomic mass is 16.5. The van der Waals surface area contributed by atoms with Crippen molar-refractivity contribution in [3.05, 3.63) is 90.5 Å². The van der Waals surface area contributed by atoms with E-state index in [-0.39, 0.29) is 0 Å². The lowest BCUT2D eigenvalue weighted by molar-refractivity contribution is 0.482. The number of hydrogen-bond donors (Lipinski definition) is 1. The number of rotatable bonds is 4. The zero-order valence-electron chi connectivity index (χ0n) is 13.9. The van der Waals surface area contributed by atoms with Gasteiger partial charge in [-0.1, -0.05) is 35.9 Å². The van der Waals surface area contributed by atoms with E-state index in [9.17, 15) is 0 Å². The number of benzene rings is 3. The van der Waals surface area contributed by atoms with Gasteiger partial charge in [-0.2, -0.15) is 0 Å². The second kappa shape index (κ2) is 6.65. The van der Waals surface area contributed by atoms with Gasteiger partial charge in [0.1, 0.15) is 17.3 Å². The normalized spacial score (nSPS) is 10.6. The van der Waals surface area contributed by atoms with Crippen LogP contribution in [0.15, 0.2) is 84.9 Å². The third-order valence-corrected chi connectivity index (χ3v) is 3.98. The smallest absolute Gasteiger partial charge is 0.131 e. The quantitative estimate of drug-likeness (QED) is 0.493. The number of ether oxygens (including phenoxy) is 1. The van der Waals surface area contributed by atoms with E-state index < -0.39 is 0 Å². The van der Waals surface area contributed by atoms with Crippen molar-refractivity contribution in [1.29, 1.82) is 0 Å². The number of pyridine rings is 1.